The third-order valence-corrected chi connectivity index (χ3v) is 8.77. The molecule has 0 spiro atoms. The maximum Gasteiger partial charge on any atom is 0.231 e. The first-order chi connectivity index (χ1) is 15.8. The Bertz CT molecular complexity index is 1230. The van der Waals surface area contributed by atoms with E-state index in [0.29, 0.717) is 39.0 Å². The molecule has 1 amide bonds. The molecule has 0 aliphatic heterocycles. The number of carbonyl (C=O) groups excluding carboxylic acids is 1. The normalized spacial score (nSPS) is 30.0. The summed E-state index contributed by atoms with van der Waals surface area (Å²) < 4.78 is 4.41. The van der Waals surface area contributed by atoms with Gasteiger partial charge in [-0.1, -0.05) is 29.3 Å². The molecular formula is C23H23BrCl2N6O. The van der Waals surface area contributed by atoms with Gasteiger partial charge in [0.15, 0.2) is 5.82 Å². The van der Waals surface area contributed by atoms with E-state index in [1.165, 1.54) is 6.42 Å². The van der Waals surface area contributed by atoms with E-state index in [2.05, 4.69) is 36.4 Å². The van der Waals surface area contributed by atoms with E-state index >= 15 is 0 Å². The molecule has 4 fully saturated rings. The Kier molecular flexibility index (Phi) is 5.12. The van der Waals surface area contributed by atoms with Crippen molar-refractivity contribution in [1.29, 1.82) is 0 Å². The molecule has 2 atom stereocenters. The lowest BCUT2D eigenvalue weighted by Gasteiger charge is -2.60. The first-order valence-corrected chi connectivity index (χ1v) is 12.7. The zero-order chi connectivity index (χ0) is 22.8. The lowest BCUT2D eigenvalue weighted by atomic mass is 9.46. The van der Waals surface area contributed by atoms with Gasteiger partial charge in [-0.15, -0.1) is 5.10 Å². The highest BCUT2D eigenvalue weighted by molar-refractivity contribution is 9.10. The number of amides is 1. The van der Waals surface area contributed by atoms with Gasteiger partial charge in [0.05, 0.1) is 27.5 Å². The van der Waals surface area contributed by atoms with E-state index < -0.39 is 0 Å². The van der Waals surface area contributed by atoms with Crippen molar-refractivity contribution in [1.82, 2.24) is 24.5 Å². The van der Waals surface area contributed by atoms with Crippen LogP contribution in [0.1, 0.15) is 44.1 Å². The smallest absolute Gasteiger partial charge is 0.231 e. The minimum atomic E-state index is -0.379. The first kappa shape index (κ1) is 21.6. The van der Waals surface area contributed by atoms with Crippen molar-refractivity contribution in [2.24, 2.45) is 17.3 Å². The molecule has 2 unspecified atom stereocenters. The second-order valence-electron chi connectivity index (χ2n) is 10.0. The molecular weight excluding hydrogens is 527 g/mol. The quantitative estimate of drug-likeness (QED) is 0.454. The number of rotatable bonds is 5. The number of anilines is 1. The maximum atomic E-state index is 13.6. The van der Waals surface area contributed by atoms with Gasteiger partial charge in [0.1, 0.15) is 6.33 Å². The molecule has 7 nitrogen and oxygen atoms in total. The first-order valence-electron chi connectivity index (χ1n) is 11.2. The standard InChI is InChI=1S/C23H23BrCl2N6O/c24-21-27-13-32(30-21)23-9-15-5-16(10-23)8-22(7-15,12-23)20(33)28-19-3-4-31(29-19)11-14-1-2-17(25)18(26)6-14/h1-4,6,13,15-16H,5,7-12H2,(H,28,29,33). The van der Waals surface area contributed by atoms with Crippen LogP contribution >= 0.6 is 39.1 Å². The Morgan fingerprint density at radius 1 is 1.12 bits per heavy atom. The predicted molar refractivity (Wildman–Crippen MR) is 129 cm³/mol. The van der Waals surface area contributed by atoms with Crippen molar-refractivity contribution in [3.05, 3.63) is 57.1 Å². The second kappa shape index (κ2) is 7.82. The molecule has 1 aromatic carbocycles. The van der Waals surface area contributed by atoms with Crippen LogP contribution in [-0.4, -0.2) is 30.5 Å². The fourth-order valence-corrected chi connectivity index (χ4v) is 7.39. The van der Waals surface area contributed by atoms with Crippen LogP contribution in [0.4, 0.5) is 5.82 Å². The fraction of sp³-hybridized carbons (Fsp3) is 0.478. The van der Waals surface area contributed by atoms with E-state index in [1.54, 1.807) is 10.7 Å². The topological polar surface area (TPSA) is 77.6 Å². The number of aromatic nitrogens is 5. The molecule has 33 heavy (non-hydrogen) atoms. The highest BCUT2D eigenvalue weighted by Crippen LogP contribution is 2.64. The van der Waals surface area contributed by atoms with Crippen LogP contribution in [0.25, 0.3) is 0 Å². The molecule has 1 N–H and O–H groups in total. The summed E-state index contributed by atoms with van der Waals surface area (Å²) in [4.78, 5) is 17.9. The maximum absolute atomic E-state index is 13.6. The van der Waals surface area contributed by atoms with Crippen molar-refractivity contribution in [3.63, 3.8) is 0 Å². The zero-order valence-electron chi connectivity index (χ0n) is 17.8. The van der Waals surface area contributed by atoms with Crippen LogP contribution in [0, 0.1) is 17.3 Å². The molecule has 4 saturated carbocycles. The Labute approximate surface area is 210 Å². The summed E-state index contributed by atoms with van der Waals surface area (Å²) in [5.74, 6) is 1.76. The fourth-order valence-electron chi connectivity index (χ4n) is 6.81. The highest BCUT2D eigenvalue weighted by Gasteiger charge is 2.61. The van der Waals surface area contributed by atoms with Crippen molar-refractivity contribution >= 4 is 50.9 Å². The largest absolute Gasteiger partial charge is 0.309 e. The molecule has 0 radical (unpaired) electrons. The molecule has 3 aromatic rings. The van der Waals surface area contributed by atoms with Gasteiger partial charge in [-0.3, -0.25) is 9.48 Å². The van der Waals surface area contributed by atoms with E-state index in [4.69, 9.17) is 23.2 Å². The Hall–Kier alpha value is -1.90. The van der Waals surface area contributed by atoms with Crippen LogP contribution in [0.5, 0.6) is 0 Å². The summed E-state index contributed by atoms with van der Waals surface area (Å²) in [6.07, 6.45) is 9.73. The van der Waals surface area contributed by atoms with Gasteiger partial charge in [0.25, 0.3) is 0 Å². The highest BCUT2D eigenvalue weighted by atomic mass is 79.9. The molecule has 4 aliphatic rings. The average molecular weight is 550 g/mol. The van der Waals surface area contributed by atoms with Crippen molar-refractivity contribution < 1.29 is 4.79 Å². The molecule has 0 saturated heterocycles. The number of carbonyl (C=O) groups is 1. The number of hydrogen-bond acceptors (Lipinski definition) is 4. The summed E-state index contributed by atoms with van der Waals surface area (Å²) in [5.41, 5.74) is 0.497. The molecule has 4 aliphatic carbocycles. The van der Waals surface area contributed by atoms with E-state index in [-0.39, 0.29) is 16.9 Å². The lowest BCUT2D eigenvalue weighted by molar-refractivity contribution is -0.150. The van der Waals surface area contributed by atoms with Gasteiger partial charge < -0.3 is 5.32 Å². The summed E-state index contributed by atoms with van der Waals surface area (Å²) >= 11 is 15.5. The van der Waals surface area contributed by atoms with Gasteiger partial charge >= 0.3 is 0 Å². The van der Waals surface area contributed by atoms with Gasteiger partial charge in [0.2, 0.25) is 10.6 Å². The number of benzene rings is 1. The number of nitrogens with one attached hydrogen (secondary N) is 1. The minimum absolute atomic E-state index is 0.0833. The molecule has 2 aromatic heterocycles. The minimum Gasteiger partial charge on any atom is -0.309 e. The summed E-state index contributed by atoms with van der Waals surface area (Å²) in [6, 6.07) is 7.38. The van der Waals surface area contributed by atoms with Crippen molar-refractivity contribution in [3.8, 4) is 0 Å². The third-order valence-electron chi connectivity index (χ3n) is 7.67. The van der Waals surface area contributed by atoms with E-state index in [1.807, 2.05) is 35.4 Å². The third kappa shape index (κ3) is 3.80. The molecule has 172 valence electrons. The van der Waals surface area contributed by atoms with E-state index in [0.717, 1.165) is 37.7 Å². The van der Waals surface area contributed by atoms with Crippen LogP contribution in [-0.2, 0) is 16.9 Å². The molecule has 7 rings (SSSR count). The number of hydrogen-bond donors (Lipinski definition) is 1. The summed E-state index contributed by atoms with van der Waals surface area (Å²) in [6.45, 7) is 0.548. The van der Waals surface area contributed by atoms with Gasteiger partial charge in [-0.05, 0) is 84.0 Å². The van der Waals surface area contributed by atoms with Crippen LogP contribution < -0.4 is 5.32 Å². The SMILES string of the molecule is O=C(Nc1ccn(Cc2ccc(Cl)c(Cl)c2)n1)C12CC3CC(C1)CC(n1cnc(Br)n1)(C3)C2. The Morgan fingerprint density at radius 3 is 2.61 bits per heavy atom. The number of nitrogens with zero attached hydrogens (tertiary/aromatic N) is 5. The summed E-state index contributed by atoms with van der Waals surface area (Å²) in [7, 11) is 0. The van der Waals surface area contributed by atoms with Crippen LogP contribution in [0.2, 0.25) is 10.0 Å². The second-order valence-corrected chi connectivity index (χ2v) is 11.5. The lowest BCUT2D eigenvalue weighted by Crippen LogP contribution is -2.60. The van der Waals surface area contributed by atoms with Crippen molar-refractivity contribution in [2.45, 2.75) is 50.6 Å². The predicted octanol–water partition coefficient (Wildman–Crippen LogP) is 5.53. The number of halogens is 3. The van der Waals surface area contributed by atoms with Gasteiger partial charge in [-0.25, -0.2) is 9.67 Å². The molecule has 10 heteroatoms. The van der Waals surface area contributed by atoms with Gasteiger partial charge in [-0.2, -0.15) is 5.10 Å². The zero-order valence-corrected chi connectivity index (χ0v) is 20.9. The monoisotopic (exact) mass is 548 g/mol. The van der Waals surface area contributed by atoms with Crippen LogP contribution in [0.3, 0.4) is 0 Å². The van der Waals surface area contributed by atoms with Gasteiger partial charge in [0, 0.05) is 12.3 Å². The Morgan fingerprint density at radius 2 is 1.91 bits per heavy atom. The molecule has 4 bridgehead atoms. The molecule has 2 heterocycles. The van der Waals surface area contributed by atoms with E-state index in [9.17, 15) is 4.79 Å². The average Bonchev–Trinajstić information content (AvgIpc) is 3.39. The van der Waals surface area contributed by atoms with Crippen molar-refractivity contribution in [2.75, 3.05) is 5.32 Å². The summed E-state index contributed by atoms with van der Waals surface area (Å²) in [5, 5.41) is 13.3. The van der Waals surface area contributed by atoms with Crippen LogP contribution in [0.15, 0.2) is 41.5 Å². The Balaban J connectivity index is 1.21.